The fourth-order valence-corrected chi connectivity index (χ4v) is 3.27. The molecule has 2 aromatic carbocycles. The Kier molecular flexibility index (Phi) is 3.20. The van der Waals surface area contributed by atoms with Crippen molar-refractivity contribution in [2.75, 3.05) is 0 Å². The molecule has 0 aliphatic heterocycles. The van der Waals surface area contributed by atoms with Gasteiger partial charge < -0.3 is 0 Å². The number of nitro groups is 1. The van der Waals surface area contributed by atoms with Gasteiger partial charge in [-0.3, -0.25) is 10.1 Å². The van der Waals surface area contributed by atoms with Crippen molar-refractivity contribution < 1.29 is 9.49 Å². The van der Waals surface area contributed by atoms with Gasteiger partial charge in [0.15, 0.2) is 6.54 Å². The number of benzene rings is 2. The Morgan fingerprint density at radius 3 is 2.65 bits per heavy atom. The van der Waals surface area contributed by atoms with Crippen LogP contribution in [0.4, 0.5) is 5.69 Å². The van der Waals surface area contributed by atoms with E-state index >= 15 is 0 Å². The van der Waals surface area contributed by atoms with Gasteiger partial charge in [-0.25, -0.2) is 0 Å². The number of rotatable bonds is 3. The molecule has 1 heterocycles. The summed E-state index contributed by atoms with van der Waals surface area (Å²) in [6.07, 6.45) is 0. The number of thiazole rings is 1. The van der Waals surface area contributed by atoms with E-state index in [0.717, 1.165) is 12.1 Å². The van der Waals surface area contributed by atoms with Crippen molar-refractivity contribution in [3.8, 4) is 0 Å². The third kappa shape index (κ3) is 2.28. The molecule has 3 aromatic rings. The van der Waals surface area contributed by atoms with Crippen LogP contribution >= 0.6 is 11.3 Å². The smallest absolute Gasteiger partial charge is 0.258 e. The van der Waals surface area contributed by atoms with E-state index < -0.39 is 0 Å². The van der Waals surface area contributed by atoms with Crippen LogP contribution in [0.15, 0.2) is 48.0 Å². The lowest BCUT2D eigenvalue weighted by atomic mass is 10.2. The SMILES string of the molecule is Cc1cccc2sc[n+](Cc3ccc([N+](=O)[O-])cc3)c12. The highest BCUT2D eigenvalue weighted by Crippen LogP contribution is 2.20. The summed E-state index contributed by atoms with van der Waals surface area (Å²) in [6.45, 7) is 2.82. The molecule has 0 amide bonds. The lowest BCUT2D eigenvalue weighted by molar-refractivity contribution is -0.658. The van der Waals surface area contributed by atoms with Crippen LogP contribution in [0.2, 0.25) is 0 Å². The van der Waals surface area contributed by atoms with E-state index in [-0.39, 0.29) is 10.6 Å². The number of nitro benzene ring substituents is 1. The second kappa shape index (κ2) is 5.02. The van der Waals surface area contributed by atoms with Gasteiger partial charge >= 0.3 is 0 Å². The number of aryl methyl sites for hydroxylation is 1. The lowest BCUT2D eigenvalue weighted by Gasteiger charge is -1.98. The number of nitrogens with zero attached hydrogens (tertiary/aromatic N) is 2. The van der Waals surface area contributed by atoms with E-state index in [9.17, 15) is 10.1 Å². The molecule has 0 aliphatic rings. The van der Waals surface area contributed by atoms with Crippen molar-refractivity contribution in [2.45, 2.75) is 13.5 Å². The minimum Gasteiger partial charge on any atom is -0.258 e. The summed E-state index contributed by atoms with van der Waals surface area (Å²) in [5.41, 5.74) is 5.76. The molecular weight excluding hydrogens is 272 g/mol. The Balaban J connectivity index is 1.95. The summed E-state index contributed by atoms with van der Waals surface area (Å²) < 4.78 is 3.45. The lowest BCUT2D eigenvalue weighted by Crippen LogP contribution is -2.32. The number of aromatic nitrogens is 1. The second-order valence-electron chi connectivity index (χ2n) is 4.70. The molecule has 3 rings (SSSR count). The van der Waals surface area contributed by atoms with Crippen LogP contribution in [0.25, 0.3) is 10.2 Å². The first kappa shape index (κ1) is 12.7. The van der Waals surface area contributed by atoms with Gasteiger partial charge in [0.1, 0.15) is 4.70 Å². The van der Waals surface area contributed by atoms with Crippen molar-refractivity contribution in [3.63, 3.8) is 0 Å². The van der Waals surface area contributed by atoms with Crippen LogP contribution in [0.5, 0.6) is 0 Å². The highest BCUT2D eigenvalue weighted by Gasteiger charge is 2.15. The zero-order valence-corrected chi connectivity index (χ0v) is 11.8. The number of non-ortho nitro benzene ring substituents is 1. The van der Waals surface area contributed by atoms with Crippen LogP contribution in [0, 0.1) is 17.0 Å². The van der Waals surface area contributed by atoms with Crippen molar-refractivity contribution in [3.05, 3.63) is 69.2 Å². The molecule has 0 N–H and O–H groups in total. The first-order valence-electron chi connectivity index (χ1n) is 6.25. The molecule has 0 atom stereocenters. The molecule has 0 fully saturated rings. The molecule has 0 saturated heterocycles. The summed E-state index contributed by atoms with van der Waals surface area (Å²) in [5.74, 6) is 0. The summed E-state index contributed by atoms with van der Waals surface area (Å²) in [7, 11) is 0. The summed E-state index contributed by atoms with van der Waals surface area (Å²) in [6, 6.07) is 13.0. The van der Waals surface area contributed by atoms with Crippen LogP contribution < -0.4 is 4.57 Å². The average Bonchev–Trinajstić information content (AvgIpc) is 2.84. The molecule has 1 aromatic heterocycles. The first-order valence-corrected chi connectivity index (χ1v) is 7.13. The van der Waals surface area contributed by atoms with Crippen molar-refractivity contribution in [1.29, 1.82) is 0 Å². The number of para-hydroxylation sites is 1. The van der Waals surface area contributed by atoms with Crippen LogP contribution in [0.1, 0.15) is 11.1 Å². The van der Waals surface area contributed by atoms with E-state index in [4.69, 9.17) is 0 Å². The number of fused-ring (bicyclic) bond motifs is 1. The molecule has 5 heteroatoms. The Labute approximate surface area is 120 Å². The number of hydrogen-bond donors (Lipinski definition) is 0. The largest absolute Gasteiger partial charge is 0.269 e. The molecule has 4 nitrogen and oxygen atoms in total. The van der Waals surface area contributed by atoms with E-state index in [0.29, 0.717) is 0 Å². The Morgan fingerprint density at radius 2 is 1.95 bits per heavy atom. The normalized spacial score (nSPS) is 10.8. The minimum absolute atomic E-state index is 0.130. The van der Waals surface area contributed by atoms with E-state index in [1.54, 1.807) is 23.5 Å². The van der Waals surface area contributed by atoms with Gasteiger partial charge in [-0.05, 0) is 25.1 Å². The second-order valence-corrected chi connectivity index (χ2v) is 5.58. The minimum atomic E-state index is -0.374. The molecule has 20 heavy (non-hydrogen) atoms. The maximum Gasteiger partial charge on any atom is 0.269 e. The van der Waals surface area contributed by atoms with Crippen molar-refractivity contribution in [1.82, 2.24) is 0 Å². The van der Waals surface area contributed by atoms with Gasteiger partial charge in [-0.1, -0.05) is 23.5 Å². The molecule has 0 spiro atoms. The van der Waals surface area contributed by atoms with E-state index in [1.807, 2.05) is 12.1 Å². The molecule has 100 valence electrons. The third-order valence-corrected chi connectivity index (χ3v) is 4.24. The first-order chi connectivity index (χ1) is 9.65. The molecule has 0 saturated carbocycles. The van der Waals surface area contributed by atoms with Gasteiger partial charge in [-0.2, -0.15) is 4.57 Å². The fraction of sp³-hybridized carbons (Fsp3) is 0.133. The Bertz CT molecular complexity index is 778. The summed E-state index contributed by atoms with van der Waals surface area (Å²) >= 11 is 1.71. The maximum atomic E-state index is 10.7. The summed E-state index contributed by atoms with van der Waals surface area (Å²) in [4.78, 5) is 10.3. The van der Waals surface area contributed by atoms with Gasteiger partial charge in [-0.15, -0.1) is 0 Å². The zero-order valence-electron chi connectivity index (χ0n) is 10.9. The average molecular weight is 285 g/mol. The summed E-state index contributed by atoms with van der Waals surface area (Å²) in [5, 5.41) is 10.7. The quantitative estimate of drug-likeness (QED) is 0.420. The molecule has 0 aliphatic carbocycles. The molecule has 0 unspecified atom stereocenters. The Morgan fingerprint density at radius 1 is 1.20 bits per heavy atom. The van der Waals surface area contributed by atoms with Crippen molar-refractivity contribution in [2.24, 2.45) is 0 Å². The zero-order chi connectivity index (χ0) is 14.1. The standard InChI is InChI=1S/C15H13N2O2S/c1-11-3-2-4-14-15(11)16(10-20-14)9-12-5-7-13(8-6-12)17(18)19/h2-8,10H,9H2,1H3/q+1. The molecule has 0 radical (unpaired) electrons. The van der Waals surface area contributed by atoms with Gasteiger partial charge in [0, 0.05) is 23.3 Å². The molecule has 0 bridgehead atoms. The predicted octanol–water partition coefficient (Wildman–Crippen LogP) is 3.45. The monoisotopic (exact) mass is 285 g/mol. The van der Waals surface area contributed by atoms with E-state index in [2.05, 4.69) is 35.2 Å². The molecular formula is C15H13N2O2S+. The van der Waals surface area contributed by atoms with Gasteiger partial charge in [0.2, 0.25) is 11.0 Å². The maximum absolute atomic E-state index is 10.7. The highest BCUT2D eigenvalue weighted by molar-refractivity contribution is 7.16. The topological polar surface area (TPSA) is 47.0 Å². The third-order valence-electron chi connectivity index (χ3n) is 3.29. The van der Waals surface area contributed by atoms with Crippen LogP contribution in [-0.2, 0) is 6.54 Å². The van der Waals surface area contributed by atoms with Crippen LogP contribution in [0.3, 0.4) is 0 Å². The number of hydrogen-bond acceptors (Lipinski definition) is 3. The highest BCUT2D eigenvalue weighted by atomic mass is 32.1. The fourth-order valence-electron chi connectivity index (χ4n) is 2.30. The van der Waals surface area contributed by atoms with Gasteiger partial charge in [0.05, 0.1) is 4.92 Å². The van der Waals surface area contributed by atoms with Gasteiger partial charge in [0.25, 0.3) is 5.69 Å². The van der Waals surface area contributed by atoms with Crippen molar-refractivity contribution >= 4 is 27.2 Å². The predicted molar refractivity (Wildman–Crippen MR) is 79.0 cm³/mol. The van der Waals surface area contributed by atoms with E-state index in [1.165, 1.54) is 15.8 Å². The van der Waals surface area contributed by atoms with Crippen LogP contribution in [-0.4, -0.2) is 4.92 Å². The Hall–Kier alpha value is -2.27.